The van der Waals surface area contributed by atoms with E-state index < -0.39 is 11.8 Å². The van der Waals surface area contributed by atoms with E-state index in [1.54, 1.807) is 13.2 Å². The molecule has 3 aromatic carbocycles. The van der Waals surface area contributed by atoms with E-state index >= 15 is 0 Å². The first-order chi connectivity index (χ1) is 15.6. The molecule has 5 heteroatoms. The van der Waals surface area contributed by atoms with Crippen LogP contribution in [0.4, 0.5) is 0 Å². The van der Waals surface area contributed by atoms with Gasteiger partial charge in [0.1, 0.15) is 5.75 Å². The second kappa shape index (κ2) is 8.15. The van der Waals surface area contributed by atoms with Gasteiger partial charge in [0.05, 0.1) is 30.6 Å². The van der Waals surface area contributed by atoms with Crippen molar-refractivity contribution in [3.8, 4) is 5.75 Å². The summed E-state index contributed by atoms with van der Waals surface area (Å²) in [6, 6.07) is 18.0. The molecule has 1 aliphatic rings. The Morgan fingerprint density at radius 2 is 1.69 bits per heavy atom. The highest BCUT2D eigenvalue weighted by Crippen LogP contribution is 2.43. The molecular formula is C27H25NO4. The van der Waals surface area contributed by atoms with Gasteiger partial charge in [-0.25, -0.2) is 4.79 Å². The SMILES string of the molecule is COC(=O)C(=O)c1cccc2c1c1c(OC)c3c(cc1n2Cc1ccccc1)CCCC3. The number of nitrogens with zero attached hydrogens (tertiary/aromatic N) is 1. The monoisotopic (exact) mass is 427 g/mol. The molecule has 0 spiro atoms. The fourth-order valence-electron chi connectivity index (χ4n) is 5.02. The van der Waals surface area contributed by atoms with Gasteiger partial charge in [-0.2, -0.15) is 0 Å². The van der Waals surface area contributed by atoms with Crippen LogP contribution in [0, 0.1) is 0 Å². The molecule has 0 unspecified atom stereocenters. The predicted octanol–water partition coefficient (Wildman–Crippen LogP) is 5.09. The summed E-state index contributed by atoms with van der Waals surface area (Å²) < 4.78 is 13.0. The highest BCUT2D eigenvalue weighted by atomic mass is 16.5. The second-order valence-corrected chi connectivity index (χ2v) is 8.24. The molecule has 5 rings (SSSR count). The molecule has 0 aliphatic heterocycles. The van der Waals surface area contributed by atoms with Crippen LogP contribution >= 0.6 is 0 Å². The van der Waals surface area contributed by atoms with E-state index in [1.807, 2.05) is 30.3 Å². The van der Waals surface area contributed by atoms with Gasteiger partial charge < -0.3 is 14.0 Å². The number of Topliss-reactive ketones (excluding diaryl/α,β-unsaturated/α-hetero) is 1. The van der Waals surface area contributed by atoms with Crippen LogP contribution in [-0.2, 0) is 28.9 Å². The number of aryl methyl sites for hydroxylation is 1. The molecule has 1 aliphatic carbocycles. The Hall–Kier alpha value is -3.60. The van der Waals surface area contributed by atoms with Crippen molar-refractivity contribution in [1.29, 1.82) is 0 Å². The number of ether oxygens (including phenoxy) is 2. The minimum Gasteiger partial charge on any atom is -0.496 e. The van der Waals surface area contributed by atoms with Crippen molar-refractivity contribution in [1.82, 2.24) is 4.57 Å². The fraction of sp³-hybridized carbons (Fsp3) is 0.259. The molecule has 1 heterocycles. The van der Waals surface area contributed by atoms with Gasteiger partial charge in [0.25, 0.3) is 5.78 Å². The first-order valence-corrected chi connectivity index (χ1v) is 10.9. The maximum Gasteiger partial charge on any atom is 0.379 e. The molecule has 32 heavy (non-hydrogen) atoms. The number of fused-ring (bicyclic) bond motifs is 4. The van der Waals surface area contributed by atoms with Gasteiger partial charge in [-0.05, 0) is 60.6 Å². The lowest BCUT2D eigenvalue weighted by atomic mass is 9.88. The quantitative estimate of drug-likeness (QED) is 0.253. The summed E-state index contributed by atoms with van der Waals surface area (Å²) in [6.45, 7) is 0.651. The lowest BCUT2D eigenvalue weighted by Crippen LogP contribution is -2.16. The molecule has 4 aromatic rings. The van der Waals surface area contributed by atoms with E-state index in [1.165, 1.54) is 18.2 Å². The summed E-state index contributed by atoms with van der Waals surface area (Å²) >= 11 is 0. The standard InChI is InChI=1S/C27H25NO4/c1-31-26-19-12-7-6-11-18(19)15-22-24(26)23-20(25(29)27(30)32-2)13-8-14-21(23)28(22)16-17-9-4-3-5-10-17/h3-5,8-10,13-15H,6-7,11-12,16H2,1-2H3. The van der Waals surface area contributed by atoms with Gasteiger partial charge in [-0.15, -0.1) is 0 Å². The molecule has 0 bridgehead atoms. The van der Waals surface area contributed by atoms with Crippen molar-refractivity contribution < 1.29 is 19.1 Å². The Labute approximate surface area is 186 Å². The molecule has 0 radical (unpaired) electrons. The first kappa shape index (κ1) is 20.3. The minimum absolute atomic E-state index is 0.347. The third-order valence-electron chi connectivity index (χ3n) is 6.46. The number of methoxy groups -OCH3 is 2. The Balaban J connectivity index is 1.90. The summed E-state index contributed by atoms with van der Waals surface area (Å²) in [4.78, 5) is 25.1. The lowest BCUT2D eigenvalue weighted by molar-refractivity contribution is -0.135. The Morgan fingerprint density at radius 3 is 2.44 bits per heavy atom. The van der Waals surface area contributed by atoms with Crippen molar-refractivity contribution in [2.24, 2.45) is 0 Å². The topological polar surface area (TPSA) is 57.5 Å². The Morgan fingerprint density at radius 1 is 0.906 bits per heavy atom. The highest BCUT2D eigenvalue weighted by molar-refractivity contribution is 6.44. The van der Waals surface area contributed by atoms with Gasteiger partial charge in [-0.3, -0.25) is 4.79 Å². The van der Waals surface area contributed by atoms with E-state index in [-0.39, 0.29) is 0 Å². The van der Waals surface area contributed by atoms with Gasteiger partial charge in [0, 0.05) is 17.5 Å². The van der Waals surface area contributed by atoms with Crippen LogP contribution in [0.1, 0.15) is 39.9 Å². The summed E-state index contributed by atoms with van der Waals surface area (Å²) in [5, 5.41) is 1.64. The molecule has 0 fully saturated rings. The zero-order chi connectivity index (χ0) is 22.2. The summed E-state index contributed by atoms with van der Waals surface area (Å²) in [5.41, 5.74) is 5.95. The van der Waals surface area contributed by atoms with Crippen molar-refractivity contribution in [2.45, 2.75) is 32.2 Å². The van der Waals surface area contributed by atoms with E-state index in [0.29, 0.717) is 12.1 Å². The van der Waals surface area contributed by atoms with Crippen molar-refractivity contribution in [3.05, 3.63) is 76.9 Å². The van der Waals surface area contributed by atoms with Gasteiger partial charge >= 0.3 is 5.97 Å². The number of aromatic nitrogens is 1. The van der Waals surface area contributed by atoms with Crippen LogP contribution in [0.5, 0.6) is 5.75 Å². The number of benzene rings is 3. The number of ketones is 1. The van der Waals surface area contributed by atoms with Gasteiger partial charge in [-0.1, -0.05) is 36.4 Å². The molecule has 0 atom stereocenters. The largest absolute Gasteiger partial charge is 0.496 e. The second-order valence-electron chi connectivity index (χ2n) is 8.24. The zero-order valence-electron chi connectivity index (χ0n) is 18.3. The molecule has 0 saturated heterocycles. The molecule has 0 saturated carbocycles. The number of esters is 1. The van der Waals surface area contributed by atoms with Crippen LogP contribution in [0.15, 0.2) is 54.6 Å². The number of rotatable bonds is 5. The number of hydrogen-bond acceptors (Lipinski definition) is 4. The average Bonchev–Trinajstić information content (AvgIpc) is 3.15. The third-order valence-corrected chi connectivity index (χ3v) is 6.46. The summed E-state index contributed by atoms with van der Waals surface area (Å²) in [6.07, 6.45) is 4.24. The highest BCUT2D eigenvalue weighted by Gasteiger charge is 2.27. The normalized spacial score (nSPS) is 13.2. The summed E-state index contributed by atoms with van der Waals surface area (Å²) in [7, 11) is 2.92. The third kappa shape index (κ3) is 3.16. The lowest BCUT2D eigenvalue weighted by Gasteiger charge is -2.20. The molecule has 1 aromatic heterocycles. The molecule has 5 nitrogen and oxygen atoms in total. The minimum atomic E-state index is -0.863. The molecule has 0 N–H and O–H groups in total. The molecule has 0 amide bonds. The molecular weight excluding hydrogens is 402 g/mol. The molecule has 162 valence electrons. The number of hydrogen-bond donors (Lipinski definition) is 0. The van der Waals surface area contributed by atoms with E-state index in [2.05, 4.69) is 22.8 Å². The van der Waals surface area contributed by atoms with Crippen LogP contribution in [-0.4, -0.2) is 30.5 Å². The number of carbonyl (C=O) groups excluding carboxylic acids is 2. The predicted molar refractivity (Wildman–Crippen MR) is 125 cm³/mol. The average molecular weight is 428 g/mol. The van der Waals surface area contributed by atoms with Crippen LogP contribution in [0.25, 0.3) is 21.8 Å². The Kier molecular flexibility index (Phi) is 5.17. The fourth-order valence-corrected chi connectivity index (χ4v) is 5.02. The van der Waals surface area contributed by atoms with E-state index in [4.69, 9.17) is 9.47 Å². The van der Waals surface area contributed by atoms with Crippen LogP contribution in [0.3, 0.4) is 0 Å². The number of carbonyl (C=O) groups is 2. The van der Waals surface area contributed by atoms with Crippen molar-refractivity contribution in [2.75, 3.05) is 14.2 Å². The van der Waals surface area contributed by atoms with E-state index in [0.717, 1.165) is 58.8 Å². The van der Waals surface area contributed by atoms with Crippen LogP contribution < -0.4 is 4.74 Å². The van der Waals surface area contributed by atoms with Crippen LogP contribution in [0.2, 0.25) is 0 Å². The van der Waals surface area contributed by atoms with Crippen molar-refractivity contribution in [3.63, 3.8) is 0 Å². The Bertz CT molecular complexity index is 1350. The zero-order valence-corrected chi connectivity index (χ0v) is 18.3. The maximum atomic E-state index is 13.0. The van der Waals surface area contributed by atoms with Gasteiger partial charge in [0.2, 0.25) is 0 Å². The van der Waals surface area contributed by atoms with Crippen molar-refractivity contribution >= 4 is 33.6 Å². The smallest absolute Gasteiger partial charge is 0.379 e. The first-order valence-electron chi connectivity index (χ1n) is 10.9. The van der Waals surface area contributed by atoms with Gasteiger partial charge in [0.15, 0.2) is 0 Å². The summed E-state index contributed by atoms with van der Waals surface area (Å²) in [5.74, 6) is -0.686. The maximum absolute atomic E-state index is 13.0. The van der Waals surface area contributed by atoms with E-state index in [9.17, 15) is 9.59 Å².